The second kappa shape index (κ2) is 9.61. The van der Waals surface area contributed by atoms with E-state index in [0.29, 0.717) is 30.8 Å². The van der Waals surface area contributed by atoms with Crippen molar-refractivity contribution in [2.24, 2.45) is 0 Å². The zero-order valence-corrected chi connectivity index (χ0v) is 19.1. The number of aromatic nitrogens is 2. The van der Waals surface area contributed by atoms with Gasteiger partial charge in [0.1, 0.15) is 28.4 Å². The molecular formula is C26H27N4O3+. The number of rotatable bonds is 8. The SMILES string of the molecule is CCOC(=O)CCc1c(C)c(C#N)c2[nH]c3ccccc3[n+]2c1Nc1ccc(OCC)cc1. The van der Waals surface area contributed by atoms with E-state index in [4.69, 9.17) is 9.47 Å². The van der Waals surface area contributed by atoms with Gasteiger partial charge in [0.05, 0.1) is 18.9 Å². The fourth-order valence-corrected chi connectivity index (χ4v) is 4.10. The first-order valence-electron chi connectivity index (χ1n) is 11.1. The van der Waals surface area contributed by atoms with Crippen molar-refractivity contribution >= 4 is 34.2 Å². The Balaban J connectivity index is 1.91. The van der Waals surface area contributed by atoms with E-state index in [2.05, 4.69) is 16.4 Å². The molecule has 0 amide bonds. The van der Waals surface area contributed by atoms with Crippen LogP contribution in [0, 0.1) is 18.3 Å². The molecule has 4 aromatic rings. The van der Waals surface area contributed by atoms with Crippen LogP contribution in [0.4, 0.5) is 11.5 Å². The zero-order chi connectivity index (χ0) is 23.4. The van der Waals surface area contributed by atoms with E-state index >= 15 is 0 Å². The maximum Gasteiger partial charge on any atom is 0.306 e. The van der Waals surface area contributed by atoms with E-state index in [9.17, 15) is 10.1 Å². The molecule has 7 heteroatoms. The molecule has 2 N–H and O–H groups in total. The molecule has 0 fully saturated rings. The number of pyridine rings is 1. The van der Waals surface area contributed by atoms with Crippen molar-refractivity contribution in [2.75, 3.05) is 18.5 Å². The third kappa shape index (κ3) is 4.33. The molecule has 0 unspecified atom stereocenters. The molecule has 0 saturated heterocycles. The summed E-state index contributed by atoms with van der Waals surface area (Å²) in [7, 11) is 0. The van der Waals surface area contributed by atoms with Gasteiger partial charge in [-0.1, -0.05) is 12.1 Å². The largest absolute Gasteiger partial charge is 0.494 e. The first kappa shape index (κ1) is 22.2. The van der Waals surface area contributed by atoms with E-state index in [1.54, 1.807) is 6.92 Å². The number of carbonyl (C=O) groups excluding carboxylic acids is 1. The fourth-order valence-electron chi connectivity index (χ4n) is 4.10. The average Bonchev–Trinajstić information content (AvgIpc) is 3.19. The Morgan fingerprint density at radius 3 is 2.58 bits per heavy atom. The number of imidazole rings is 1. The van der Waals surface area contributed by atoms with Gasteiger partial charge in [0.25, 0.3) is 0 Å². The molecule has 2 heterocycles. The highest BCUT2D eigenvalue weighted by atomic mass is 16.5. The molecule has 0 spiro atoms. The lowest BCUT2D eigenvalue weighted by Gasteiger charge is -2.14. The number of nitrogens with one attached hydrogen (secondary N) is 2. The number of nitrogens with zero attached hydrogens (tertiary/aromatic N) is 2. The predicted octanol–water partition coefficient (Wildman–Crippen LogP) is 4.72. The van der Waals surface area contributed by atoms with Crippen molar-refractivity contribution < 1.29 is 18.7 Å². The number of anilines is 2. The third-order valence-electron chi connectivity index (χ3n) is 5.62. The van der Waals surface area contributed by atoms with Gasteiger partial charge in [-0.25, -0.2) is 0 Å². The van der Waals surface area contributed by atoms with Gasteiger partial charge in [-0.3, -0.25) is 15.1 Å². The number of benzene rings is 2. The lowest BCUT2D eigenvalue weighted by molar-refractivity contribution is -0.465. The number of nitriles is 1. The topological polar surface area (TPSA) is 91.2 Å². The number of esters is 1. The van der Waals surface area contributed by atoms with Crippen LogP contribution >= 0.6 is 0 Å². The van der Waals surface area contributed by atoms with Gasteiger partial charge in [0, 0.05) is 12.0 Å². The summed E-state index contributed by atoms with van der Waals surface area (Å²) in [5, 5.41) is 13.5. The molecular weight excluding hydrogens is 416 g/mol. The Bertz CT molecular complexity index is 1350. The van der Waals surface area contributed by atoms with Crippen molar-refractivity contribution in [2.45, 2.75) is 33.6 Å². The van der Waals surface area contributed by atoms with Gasteiger partial charge >= 0.3 is 5.97 Å². The first-order chi connectivity index (χ1) is 16.1. The quantitative estimate of drug-likeness (QED) is 0.304. The summed E-state index contributed by atoms with van der Waals surface area (Å²) in [6.45, 7) is 6.61. The molecule has 0 saturated carbocycles. The fraction of sp³-hybridized carbons (Fsp3) is 0.269. The predicted molar refractivity (Wildman–Crippen MR) is 127 cm³/mol. The summed E-state index contributed by atoms with van der Waals surface area (Å²) in [5.74, 6) is 1.35. The van der Waals surface area contributed by atoms with Crippen LogP contribution in [0.25, 0.3) is 16.7 Å². The van der Waals surface area contributed by atoms with Gasteiger partial charge in [-0.05, 0) is 69.2 Å². The molecule has 2 aromatic heterocycles. The molecule has 0 bridgehead atoms. The molecule has 0 radical (unpaired) electrons. The summed E-state index contributed by atoms with van der Waals surface area (Å²) in [6, 6.07) is 18.0. The van der Waals surface area contributed by atoms with Crippen LogP contribution in [0.5, 0.6) is 5.75 Å². The minimum atomic E-state index is -0.258. The number of para-hydroxylation sites is 2. The van der Waals surface area contributed by atoms with E-state index in [1.807, 2.05) is 66.8 Å². The third-order valence-corrected chi connectivity index (χ3v) is 5.62. The van der Waals surface area contributed by atoms with Gasteiger partial charge in [0.15, 0.2) is 0 Å². The smallest absolute Gasteiger partial charge is 0.306 e. The van der Waals surface area contributed by atoms with Gasteiger partial charge in [-0.2, -0.15) is 9.66 Å². The minimum Gasteiger partial charge on any atom is -0.494 e. The summed E-state index contributed by atoms with van der Waals surface area (Å²) in [4.78, 5) is 15.5. The van der Waals surface area contributed by atoms with Crippen LogP contribution in [0.3, 0.4) is 0 Å². The lowest BCUT2D eigenvalue weighted by Crippen LogP contribution is -2.29. The highest BCUT2D eigenvalue weighted by Gasteiger charge is 2.26. The van der Waals surface area contributed by atoms with Crippen molar-refractivity contribution in [3.63, 3.8) is 0 Å². The highest BCUT2D eigenvalue weighted by molar-refractivity contribution is 5.79. The molecule has 0 atom stereocenters. The van der Waals surface area contributed by atoms with Crippen molar-refractivity contribution in [3.05, 3.63) is 65.2 Å². The maximum absolute atomic E-state index is 12.1. The molecule has 7 nitrogen and oxygen atoms in total. The van der Waals surface area contributed by atoms with Gasteiger partial charge < -0.3 is 9.47 Å². The normalized spacial score (nSPS) is 10.8. The van der Waals surface area contributed by atoms with Crippen LogP contribution in [0.15, 0.2) is 48.5 Å². The molecule has 4 rings (SSSR count). The van der Waals surface area contributed by atoms with Crippen molar-refractivity contribution in [3.8, 4) is 11.8 Å². The Labute approximate surface area is 192 Å². The summed E-state index contributed by atoms with van der Waals surface area (Å²) in [6.07, 6.45) is 0.674. The Hall–Kier alpha value is -4.05. The van der Waals surface area contributed by atoms with Crippen molar-refractivity contribution in [1.29, 1.82) is 5.26 Å². The van der Waals surface area contributed by atoms with Crippen LogP contribution < -0.4 is 14.5 Å². The zero-order valence-electron chi connectivity index (χ0n) is 19.1. The van der Waals surface area contributed by atoms with Gasteiger partial charge in [-0.15, -0.1) is 0 Å². The van der Waals surface area contributed by atoms with E-state index in [0.717, 1.165) is 39.4 Å². The molecule has 0 aliphatic heterocycles. The van der Waals surface area contributed by atoms with E-state index in [-0.39, 0.29) is 12.4 Å². The molecule has 168 valence electrons. The Morgan fingerprint density at radius 2 is 1.88 bits per heavy atom. The number of carbonyl (C=O) groups is 1. The standard InChI is InChI=1S/C26H26N4O3/c1-4-32-19-12-10-18(11-13-19)28-25-20(14-15-24(31)33-5-2)17(3)21(16-27)26-29-22-8-6-7-9-23(22)30(25)26/h6-13H,4-5,14-15H2,1-3H3,(H,28,29)/p+1. The second-order valence-electron chi connectivity index (χ2n) is 7.65. The first-order valence-corrected chi connectivity index (χ1v) is 11.1. The highest BCUT2D eigenvalue weighted by Crippen LogP contribution is 2.29. The van der Waals surface area contributed by atoms with Crippen molar-refractivity contribution in [1.82, 2.24) is 4.98 Å². The van der Waals surface area contributed by atoms with Crippen LogP contribution in [0.1, 0.15) is 37.0 Å². The van der Waals surface area contributed by atoms with Crippen LogP contribution in [-0.4, -0.2) is 24.2 Å². The monoisotopic (exact) mass is 443 g/mol. The lowest BCUT2D eigenvalue weighted by atomic mass is 10.00. The molecule has 0 aliphatic rings. The second-order valence-corrected chi connectivity index (χ2v) is 7.65. The Morgan fingerprint density at radius 1 is 1.12 bits per heavy atom. The summed E-state index contributed by atoms with van der Waals surface area (Å²) in [5.41, 5.74) is 5.74. The number of fused-ring (bicyclic) bond motifs is 3. The molecule has 0 aliphatic carbocycles. The number of ether oxygens (including phenoxy) is 2. The molecule has 2 aromatic carbocycles. The summed E-state index contributed by atoms with van der Waals surface area (Å²) >= 11 is 0. The van der Waals surface area contributed by atoms with Gasteiger partial charge in [0.2, 0.25) is 11.5 Å². The Kier molecular flexibility index (Phi) is 6.45. The molecule has 33 heavy (non-hydrogen) atoms. The number of H-pyrrole nitrogens is 1. The van der Waals surface area contributed by atoms with Crippen LogP contribution in [0.2, 0.25) is 0 Å². The number of hydrogen-bond acceptors (Lipinski definition) is 5. The number of hydrogen-bond donors (Lipinski definition) is 2. The average molecular weight is 444 g/mol. The van der Waals surface area contributed by atoms with E-state index < -0.39 is 0 Å². The number of aromatic amines is 1. The van der Waals surface area contributed by atoms with E-state index in [1.165, 1.54) is 0 Å². The van der Waals surface area contributed by atoms with Crippen LogP contribution in [-0.2, 0) is 16.0 Å². The minimum absolute atomic E-state index is 0.228. The summed E-state index contributed by atoms with van der Waals surface area (Å²) < 4.78 is 12.7. The maximum atomic E-state index is 12.1.